The monoisotopic (exact) mass is 274 g/mol. The molecule has 0 spiro atoms. The third-order valence-electron chi connectivity index (χ3n) is 3.26. The van der Waals surface area contributed by atoms with Crippen LogP contribution in [0, 0.1) is 0 Å². The van der Waals surface area contributed by atoms with Gasteiger partial charge in [-0.2, -0.15) is 0 Å². The highest BCUT2D eigenvalue weighted by molar-refractivity contribution is 4.75. The van der Waals surface area contributed by atoms with Gasteiger partial charge < -0.3 is 28.3 Å². The third kappa shape index (κ3) is 10.2. The SMILES string of the molecule is NCCCC(CNCCN)N(CCCN)CCCN. The zero-order valence-electron chi connectivity index (χ0n) is 12.3. The predicted molar refractivity (Wildman–Crippen MR) is 82.9 cm³/mol. The Kier molecular flexibility index (Phi) is 14.0. The highest BCUT2D eigenvalue weighted by atomic mass is 15.2. The van der Waals surface area contributed by atoms with Crippen molar-refractivity contribution in [2.75, 3.05) is 52.4 Å². The summed E-state index contributed by atoms with van der Waals surface area (Å²) < 4.78 is 0. The minimum atomic E-state index is 0.508. The molecule has 116 valence electrons. The Balaban J connectivity index is 4.29. The summed E-state index contributed by atoms with van der Waals surface area (Å²) in [4.78, 5) is 2.50. The summed E-state index contributed by atoms with van der Waals surface area (Å²) in [6, 6.07) is 0.508. The van der Waals surface area contributed by atoms with Crippen molar-refractivity contribution < 1.29 is 0 Å². The highest BCUT2D eigenvalue weighted by Gasteiger charge is 2.16. The number of hydrogen-bond acceptors (Lipinski definition) is 6. The Morgan fingerprint density at radius 3 is 1.84 bits per heavy atom. The molecule has 0 aliphatic rings. The average molecular weight is 274 g/mol. The van der Waals surface area contributed by atoms with Crippen molar-refractivity contribution >= 4 is 0 Å². The van der Waals surface area contributed by atoms with E-state index in [2.05, 4.69) is 10.2 Å². The molecule has 0 aromatic rings. The Hall–Kier alpha value is -0.240. The normalized spacial score (nSPS) is 13.1. The average Bonchev–Trinajstić information content (AvgIpc) is 2.43. The molecule has 0 bridgehead atoms. The Bertz CT molecular complexity index is 171. The van der Waals surface area contributed by atoms with Crippen molar-refractivity contribution in [3.8, 4) is 0 Å². The van der Waals surface area contributed by atoms with Crippen LogP contribution in [-0.2, 0) is 0 Å². The number of rotatable bonds is 14. The van der Waals surface area contributed by atoms with E-state index in [0.717, 1.165) is 71.5 Å². The van der Waals surface area contributed by atoms with Crippen LogP contribution in [0.5, 0.6) is 0 Å². The molecule has 1 unspecified atom stereocenters. The summed E-state index contributed by atoms with van der Waals surface area (Å²) in [6.45, 7) is 6.79. The van der Waals surface area contributed by atoms with Gasteiger partial charge in [0.1, 0.15) is 0 Å². The lowest BCUT2D eigenvalue weighted by molar-refractivity contribution is 0.178. The van der Waals surface area contributed by atoms with E-state index in [0.29, 0.717) is 12.6 Å². The van der Waals surface area contributed by atoms with Crippen molar-refractivity contribution in [1.82, 2.24) is 10.2 Å². The van der Waals surface area contributed by atoms with Gasteiger partial charge in [-0.3, -0.25) is 4.90 Å². The lowest BCUT2D eigenvalue weighted by Crippen LogP contribution is -2.45. The van der Waals surface area contributed by atoms with E-state index >= 15 is 0 Å². The molecule has 0 heterocycles. The van der Waals surface area contributed by atoms with Gasteiger partial charge in [-0.1, -0.05) is 0 Å². The fourth-order valence-corrected chi connectivity index (χ4v) is 2.20. The summed E-state index contributed by atoms with van der Waals surface area (Å²) >= 11 is 0. The van der Waals surface area contributed by atoms with Crippen LogP contribution in [0.15, 0.2) is 0 Å². The van der Waals surface area contributed by atoms with Crippen molar-refractivity contribution in [1.29, 1.82) is 0 Å². The topological polar surface area (TPSA) is 119 Å². The van der Waals surface area contributed by atoms with E-state index in [1.165, 1.54) is 0 Å². The second-order valence-corrected chi connectivity index (χ2v) is 4.90. The highest BCUT2D eigenvalue weighted by Crippen LogP contribution is 2.08. The maximum atomic E-state index is 5.63. The summed E-state index contributed by atoms with van der Waals surface area (Å²) in [6.07, 6.45) is 4.22. The molecule has 0 rings (SSSR count). The van der Waals surface area contributed by atoms with Gasteiger partial charge in [-0.15, -0.1) is 0 Å². The van der Waals surface area contributed by atoms with Crippen molar-refractivity contribution in [3.63, 3.8) is 0 Å². The van der Waals surface area contributed by atoms with Gasteiger partial charge in [0.2, 0.25) is 0 Å². The molecule has 0 aliphatic heterocycles. The zero-order chi connectivity index (χ0) is 14.3. The van der Waals surface area contributed by atoms with E-state index in [9.17, 15) is 0 Å². The van der Waals surface area contributed by atoms with Crippen LogP contribution in [0.25, 0.3) is 0 Å². The predicted octanol–water partition coefficient (Wildman–Crippen LogP) is -1.36. The Morgan fingerprint density at radius 2 is 1.37 bits per heavy atom. The number of hydrogen-bond donors (Lipinski definition) is 5. The van der Waals surface area contributed by atoms with Crippen LogP contribution in [0.3, 0.4) is 0 Å². The summed E-state index contributed by atoms with van der Waals surface area (Å²) in [5, 5.41) is 3.41. The van der Waals surface area contributed by atoms with Gasteiger partial charge in [0, 0.05) is 25.7 Å². The molecular formula is C13H34N6. The minimum absolute atomic E-state index is 0.508. The lowest BCUT2D eigenvalue weighted by atomic mass is 10.1. The fraction of sp³-hybridized carbons (Fsp3) is 1.00. The zero-order valence-corrected chi connectivity index (χ0v) is 12.3. The van der Waals surface area contributed by atoms with Gasteiger partial charge in [0.15, 0.2) is 0 Å². The van der Waals surface area contributed by atoms with Crippen molar-refractivity contribution in [2.45, 2.75) is 31.7 Å². The molecule has 0 saturated carbocycles. The molecule has 19 heavy (non-hydrogen) atoms. The molecule has 0 fully saturated rings. The fourth-order valence-electron chi connectivity index (χ4n) is 2.20. The first-order valence-electron chi connectivity index (χ1n) is 7.55. The molecule has 0 aliphatic carbocycles. The first-order valence-corrected chi connectivity index (χ1v) is 7.55. The van der Waals surface area contributed by atoms with Gasteiger partial charge in [-0.25, -0.2) is 0 Å². The van der Waals surface area contributed by atoms with Crippen LogP contribution in [0.1, 0.15) is 25.7 Å². The maximum Gasteiger partial charge on any atom is 0.0221 e. The first kappa shape index (κ1) is 18.8. The van der Waals surface area contributed by atoms with Crippen molar-refractivity contribution in [3.05, 3.63) is 0 Å². The van der Waals surface area contributed by atoms with Crippen LogP contribution in [0.2, 0.25) is 0 Å². The van der Waals surface area contributed by atoms with Crippen molar-refractivity contribution in [2.24, 2.45) is 22.9 Å². The largest absolute Gasteiger partial charge is 0.330 e. The standard InChI is InChI=1S/C13H34N6/c14-5-1-4-13(12-18-9-8-17)19(10-2-6-15)11-3-7-16/h13,18H,1-12,14-17H2. The number of nitrogens with zero attached hydrogens (tertiary/aromatic N) is 1. The second-order valence-electron chi connectivity index (χ2n) is 4.90. The molecule has 9 N–H and O–H groups in total. The van der Waals surface area contributed by atoms with E-state index < -0.39 is 0 Å². The smallest absolute Gasteiger partial charge is 0.0221 e. The summed E-state index contributed by atoms with van der Waals surface area (Å²) in [7, 11) is 0. The molecule has 1 atom stereocenters. The first-order chi connectivity index (χ1) is 9.29. The third-order valence-corrected chi connectivity index (χ3v) is 3.26. The van der Waals surface area contributed by atoms with Crippen LogP contribution >= 0.6 is 0 Å². The van der Waals surface area contributed by atoms with E-state index in [1.54, 1.807) is 0 Å². The molecule has 6 nitrogen and oxygen atoms in total. The Morgan fingerprint density at radius 1 is 0.789 bits per heavy atom. The molecular weight excluding hydrogens is 240 g/mol. The molecule has 0 amide bonds. The Labute approximate surface area is 118 Å². The van der Waals surface area contributed by atoms with Crippen LogP contribution in [0.4, 0.5) is 0 Å². The molecule has 0 aromatic carbocycles. The molecule has 0 saturated heterocycles. The maximum absolute atomic E-state index is 5.63. The van der Waals surface area contributed by atoms with Gasteiger partial charge in [-0.05, 0) is 58.4 Å². The second kappa shape index (κ2) is 14.2. The van der Waals surface area contributed by atoms with Gasteiger partial charge in [0.25, 0.3) is 0 Å². The molecule has 0 radical (unpaired) electrons. The summed E-state index contributed by atoms with van der Waals surface area (Å²) in [5.41, 5.74) is 22.4. The number of nitrogens with two attached hydrogens (primary N) is 4. The quantitative estimate of drug-likeness (QED) is 0.250. The molecule has 0 aromatic heterocycles. The van der Waals surface area contributed by atoms with E-state index in [1.807, 2.05) is 0 Å². The van der Waals surface area contributed by atoms with Gasteiger partial charge in [0.05, 0.1) is 0 Å². The van der Waals surface area contributed by atoms with E-state index in [-0.39, 0.29) is 0 Å². The summed E-state index contributed by atoms with van der Waals surface area (Å²) in [5.74, 6) is 0. The molecule has 6 heteroatoms. The van der Waals surface area contributed by atoms with Crippen LogP contribution < -0.4 is 28.3 Å². The lowest BCUT2D eigenvalue weighted by Gasteiger charge is -2.32. The van der Waals surface area contributed by atoms with Gasteiger partial charge >= 0.3 is 0 Å². The number of nitrogens with one attached hydrogen (secondary N) is 1. The minimum Gasteiger partial charge on any atom is -0.330 e. The van der Waals surface area contributed by atoms with E-state index in [4.69, 9.17) is 22.9 Å². The van der Waals surface area contributed by atoms with Crippen LogP contribution in [-0.4, -0.2) is 63.3 Å².